The van der Waals surface area contributed by atoms with Gasteiger partial charge in [-0.15, -0.1) is 22.7 Å². The highest BCUT2D eigenvalue weighted by molar-refractivity contribution is 7.22. The van der Waals surface area contributed by atoms with Gasteiger partial charge in [0.1, 0.15) is 35.4 Å². The van der Waals surface area contributed by atoms with E-state index in [9.17, 15) is 30.6 Å². The van der Waals surface area contributed by atoms with Crippen LogP contribution in [0.3, 0.4) is 0 Å². The molecule has 14 rings (SSSR count). The van der Waals surface area contributed by atoms with E-state index in [0.29, 0.717) is 44.5 Å². The van der Waals surface area contributed by atoms with Gasteiger partial charge in [0.05, 0.1) is 10.8 Å². The number of nitriles is 4. The summed E-state index contributed by atoms with van der Waals surface area (Å²) in [5.74, 6) is -0.449. The Labute approximate surface area is 482 Å². The summed E-state index contributed by atoms with van der Waals surface area (Å²) in [6, 6.07) is 71.7. The van der Waals surface area contributed by atoms with Crippen molar-refractivity contribution in [2.24, 2.45) is 0 Å². The van der Waals surface area contributed by atoms with Crippen LogP contribution in [0.4, 0.5) is 0 Å². The normalized spacial score (nSPS) is 15.5. The van der Waals surface area contributed by atoms with Crippen molar-refractivity contribution in [2.75, 3.05) is 0 Å². The van der Waals surface area contributed by atoms with Gasteiger partial charge in [-0.1, -0.05) is 180 Å². The molecule has 82 heavy (non-hydrogen) atoms. The van der Waals surface area contributed by atoms with Crippen molar-refractivity contribution in [3.8, 4) is 45.2 Å². The molecule has 10 aromatic rings. The Morgan fingerprint density at radius 2 is 0.829 bits per heavy atom. The number of allylic oxidation sites excluding steroid dienone is 6. The van der Waals surface area contributed by atoms with Gasteiger partial charge in [0, 0.05) is 52.8 Å². The number of nitrogens with zero attached hydrogens (tertiary/aromatic N) is 4. The number of benzene rings is 8. The Kier molecular flexibility index (Phi) is 11.4. The minimum atomic E-state index is -0.850. The molecule has 0 fully saturated rings. The van der Waals surface area contributed by atoms with E-state index >= 15 is 0 Å². The maximum atomic E-state index is 14.5. The maximum Gasteiger partial charge on any atom is 0.194 e. The van der Waals surface area contributed by atoms with E-state index in [1.54, 1.807) is 46.9 Å². The Morgan fingerprint density at radius 3 is 1.29 bits per heavy atom. The van der Waals surface area contributed by atoms with Crippen molar-refractivity contribution in [3.63, 3.8) is 0 Å². The third-order valence-electron chi connectivity index (χ3n) is 17.1. The molecule has 0 radical (unpaired) electrons. The number of fused-ring (bicyclic) bond motifs is 10. The van der Waals surface area contributed by atoms with Crippen molar-refractivity contribution < 1.29 is 9.59 Å². The number of aryl methyl sites for hydroxylation is 4. The smallest absolute Gasteiger partial charge is 0.194 e. The lowest BCUT2D eigenvalue weighted by molar-refractivity contribution is 0.103. The zero-order valence-electron chi connectivity index (χ0n) is 44.9. The monoisotopic (exact) mass is 1080 g/mol. The van der Waals surface area contributed by atoms with Crippen LogP contribution in [0.1, 0.15) is 109 Å². The topological polar surface area (TPSA) is 129 Å². The first kappa shape index (κ1) is 49.9. The largest absolute Gasteiger partial charge is 0.289 e. The van der Waals surface area contributed by atoms with Crippen molar-refractivity contribution in [1.82, 2.24) is 0 Å². The van der Waals surface area contributed by atoms with Crippen LogP contribution in [-0.2, 0) is 10.8 Å². The summed E-state index contributed by atoms with van der Waals surface area (Å²) in [5, 5.41) is 42.0. The number of ketones is 2. The molecule has 4 aliphatic carbocycles. The molecule has 0 N–H and O–H groups in total. The van der Waals surface area contributed by atoms with Crippen molar-refractivity contribution >= 4 is 67.6 Å². The first-order valence-corrected chi connectivity index (χ1v) is 28.6. The van der Waals surface area contributed by atoms with E-state index in [2.05, 4.69) is 179 Å². The fraction of sp³-hybridized carbons (Fsp3) is 0.0811. The van der Waals surface area contributed by atoms with Crippen LogP contribution in [-0.4, -0.2) is 11.6 Å². The van der Waals surface area contributed by atoms with E-state index in [0.717, 1.165) is 108 Å². The second-order valence-corrected chi connectivity index (χ2v) is 23.8. The average Bonchev–Trinajstić information content (AvgIpc) is 2.20. The van der Waals surface area contributed by atoms with Gasteiger partial charge >= 0.3 is 0 Å². The Hall–Kier alpha value is -10.3. The second-order valence-electron chi connectivity index (χ2n) is 21.7. The van der Waals surface area contributed by atoms with Crippen LogP contribution in [0.2, 0.25) is 0 Å². The number of carbonyl (C=O) groups excluding carboxylic acids is 2. The highest BCUT2D eigenvalue weighted by Gasteiger charge is 2.53. The van der Waals surface area contributed by atoms with Gasteiger partial charge in [-0.3, -0.25) is 9.59 Å². The number of rotatable bonds is 6. The minimum Gasteiger partial charge on any atom is -0.289 e. The van der Waals surface area contributed by atoms with Crippen LogP contribution in [0, 0.1) is 73.0 Å². The molecular formula is C74H44N4O2S2. The molecule has 384 valence electrons. The number of hydrogen-bond acceptors (Lipinski definition) is 8. The number of Topliss-reactive ketones (excluding diaryl/α,β-unsaturated/α-hetero) is 2. The third kappa shape index (κ3) is 7.00. The van der Waals surface area contributed by atoms with E-state index in [4.69, 9.17) is 0 Å². The molecule has 0 unspecified atom stereocenters. The molecule has 0 saturated heterocycles. The van der Waals surface area contributed by atoms with E-state index in [1.807, 2.05) is 42.5 Å². The summed E-state index contributed by atoms with van der Waals surface area (Å²) in [6.45, 7) is 8.44. The Balaban J connectivity index is 1.08. The van der Waals surface area contributed by atoms with Gasteiger partial charge in [0.2, 0.25) is 0 Å². The predicted molar refractivity (Wildman–Crippen MR) is 327 cm³/mol. The van der Waals surface area contributed by atoms with Gasteiger partial charge in [-0.2, -0.15) is 21.0 Å². The second kappa shape index (κ2) is 18.6. The van der Waals surface area contributed by atoms with E-state index in [1.165, 1.54) is 0 Å². The van der Waals surface area contributed by atoms with Gasteiger partial charge in [-0.25, -0.2) is 0 Å². The lowest BCUT2D eigenvalue weighted by Gasteiger charge is -2.36. The molecule has 8 heteroatoms. The number of thiophene rings is 2. The fourth-order valence-corrected chi connectivity index (χ4v) is 15.9. The molecule has 0 saturated carbocycles. The molecule has 2 aromatic heterocycles. The van der Waals surface area contributed by atoms with Crippen LogP contribution in [0.5, 0.6) is 0 Å². The molecule has 0 amide bonds. The third-order valence-corrected chi connectivity index (χ3v) is 19.4. The predicted octanol–water partition coefficient (Wildman–Crippen LogP) is 17.1. The summed E-state index contributed by atoms with van der Waals surface area (Å²) in [6.07, 6.45) is 3.72. The van der Waals surface area contributed by atoms with Crippen LogP contribution in [0.15, 0.2) is 204 Å². The molecule has 6 nitrogen and oxygen atoms in total. The summed E-state index contributed by atoms with van der Waals surface area (Å²) >= 11 is 3.36. The molecule has 8 aromatic carbocycles. The zero-order chi connectivity index (χ0) is 56.3. The summed E-state index contributed by atoms with van der Waals surface area (Å²) in [7, 11) is 0. The van der Waals surface area contributed by atoms with E-state index < -0.39 is 10.8 Å². The first-order chi connectivity index (χ1) is 39.9. The van der Waals surface area contributed by atoms with Gasteiger partial charge in [0.15, 0.2) is 11.6 Å². The molecule has 0 spiro atoms. The summed E-state index contributed by atoms with van der Waals surface area (Å²) in [5.41, 5.74) is 18.0. The maximum absolute atomic E-state index is 14.5. The molecule has 2 heterocycles. The van der Waals surface area contributed by atoms with Crippen LogP contribution in [0.25, 0.3) is 54.3 Å². The van der Waals surface area contributed by atoms with Crippen molar-refractivity contribution in [1.29, 1.82) is 21.0 Å². The lowest BCUT2D eigenvalue weighted by Crippen LogP contribution is -2.30. The average molecular weight is 1090 g/mol. The summed E-state index contributed by atoms with van der Waals surface area (Å²) in [4.78, 5) is 31.7. The lowest BCUT2D eigenvalue weighted by atomic mass is 9.65. The quantitative estimate of drug-likeness (QED) is 0.120. The number of carbonyl (C=O) groups is 2. The molecule has 4 aliphatic rings. The zero-order valence-corrected chi connectivity index (χ0v) is 46.5. The molecule has 0 bridgehead atoms. The van der Waals surface area contributed by atoms with Gasteiger partial charge < -0.3 is 0 Å². The molecule has 0 atom stereocenters. The Morgan fingerprint density at radius 1 is 0.415 bits per heavy atom. The Bertz CT molecular complexity index is 4710. The SMILES string of the molecule is Cc1ccc(C2(c3ccc(C)cc3)c3cc4c(cc3-c3sc(/C=C5\C(=O)c6ccccc6C5=C(C#N)C#N)cc32)C(c2ccc(C)cc2)(c2ccc(C)cc2)c2c-4sc3cc(/C=C4\C(=O)c5ccccc5C4=C(C#N)C#N)ccc23)cc1. The van der Waals surface area contributed by atoms with Gasteiger partial charge in [-0.05, 0) is 142 Å². The summed E-state index contributed by atoms with van der Waals surface area (Å²) < 4.78 is 1.02. The van der Waals surface area contributed by atoms with Crippen LogP contribution >= 0.6 is 22.7 Å². The highest BCUT2D eigenvalue weighted by atomic mass is 32.1. The van der Waals surface area contributed by atoms with Gasteiger partial charge in [0.25, 0.3) is 0 Å². The van der Waals surface area contributed by atoms with Crippen molar-refractivity contribution in [3.05, 3.63) is 304 Å². The van der Waals surface area contributed by atoms with Crippen molar-refractivity contribution in [2.45, 2.75) is 38.5 Å². The number of hydrogen-bond donors (Lipinski definition) is 0. The van der Waals surface area contributed by atoms with Crippen LogP contribution < -0.4 is 0 Å². The molecular weight excluding hydrogens is 1040 g/mol. The first-order valence-electron chi connectivity index (χ1n) is 26.9. The van der Waals surface area contributed by atoms with E-state index in [-0.39, 0.29) is 22.7 Å². The minimum absolute atomic E-state index is 0.105. The highest BCUT2D eigenvalue weighted by Crippen LogP contribution is 2.66. The fourth-order valence-electron chi connectivity index (χ4n) is 13.4. The molecule has 0 aliphatic heterocycles. The standard InChI is InChI=1S/C74H44N4O2S2/c1-41-13-22-48(23-14-41)73(49-24-15-42(2)16-25-49)62-36-59-63(35-58(62)71-64(73)34-52(81-71)33-61-67(47(39-77)40-78)54-10-6-8-12-56(54)70(61)80)74(50-26-17-43(3)18-27-50,51-28-19-44(4)20-29-51)68-57-30-21-45(32-65(57)82-72(59)68)31-60-66(46(37-75)38-76)53-9-5-7-11-55(53)69(60)79/h5-36H,1-4H3/b60-31-,61-33-.